The molecule has 0 bridgehead atoms. The van der Waals surface area contributed by atoms with Gasteiger partial charge in [-0.1, -0.05) is 42.5 Å². The second kappa shape index (κ2) is 9.79. The predicted molar refractivity (Wildman–Crippen MR) is 135 cm³/mol. The zero-order valence-electron chi connectivity index (χ0n) is 19.2. The number of sulfonamides is 1. The van der Waals surface area contributed by atoms with Gasteiger partial charge in [0.1, 0.15) is 9.96 Å². The average molecular weight is 499 g/mol. The highest BCUT2D eigenvalue weighted by Crippen LogP contribution is 2.43. The quantitative estimate of drug-likeness (QED) is 0.556. The molecule has 2 saturated heterocycles. The first kappa shape index (κ1) is 23.5. The third-order valence-electron chi connectivity index (χ3n) is 7.12. The smallest absolute Gasteiger partial charge is 0.252 e. The van der Waals surface area contributed by atoms with Gasteiger partial charge in [-0.3, -0.25) is 4.90 Å². The molecule has 0 unspecified atom stereocenters. The number of aliphatic hydroxyl groups excluding tert-OH is 1. The van der Waals surface area contributed by atoms with E-state index in [1.54, 1.807) is 28.9 Å². The minimum absolute atomic E-state index is 0.0112. The highest BCUT2D eigenvalue weighted by molar-refractivity contribution is 7.91. The van der Waals surface area contributed by atoms with Gasteiger partial charge in [0.2, 0.25) is 0 Å². The molecule has 0 aliphatic carbocycles. The molecular weight excluding hydrogens is 468 g/mol. The lowest BCUT2D eigenvalue weighted by molar-refractivity contribution is -0.0553. The minimum atomic E-state index is -3.51. The number of benzene rings is 2. The van der Waals surface area contributed by atoms with Crippen LogP contribution in [-0.2, 0) is 10.0 Å². The van der Waals surface area contributed by atoms with Gasteiger partial charge in [-0.05, 0) is 59.7 Å². The molecule has 0 spiro atoms. The second-order valence-corrected chi connectivity index (χ2v) is 12.0. The molecule has 5 rings (SSSR count). The molecule has 34 heavy (non-hydrogen) atoms. The lowest BCUT2D eigenvalue weighted by Gasteiger charge is -2.57. The summed E-state index contributed by atoms with van der Waals surface area (Å²) in [5, 5.41) is 12.0. The maximum atomic E-state index is 13.3. The maximum absolute atomic E-state index is 13.3. The van der Waals surface area contributed by atoms with Crippen LogP contribution in [0.25, 0.3) is 11.1 Å². The molecule has 2 aliphatic rings. The van der Waals surface area contributed by atoms with Crippen molar-refractivity contribution in [3.05, 3.63) is 71.6 Å². The van der Waals surface area contributed by atoms with Crippen LogP contribution >= 0.6 is 11.3 Å². The Bertz CT molecular complexity index is 1210. The summed E-state index contributed by atoms with van der Waals surface area (Å²) in [5.41, 5.74) is 3.32. The molecule has 2 aliphatic heterocycles. The Balaban J connectivity index is 1.41. The Morgan fingerprint density at radius 1 is 1.03 bits per heavy atom. The fourth-order valence-electron chi connectivity index (χ4n) is 5.36. The summed E-state index contributed by atoms with van der Waals surface area (Å²) >= 11 is 1.27. The van der Waals surface area contributed by atoms with E-state index >= 15 is 0 Å². The van der Waals surface area contributed by atoms with Crippen LogP contribution in [0.2, 0.25) is 0 Å². The molecular formula is C26H30N2O4S2. The first-order chi connectivity index (χ1) is 16.5. The Morgan fingerprint density at radius 2 is 1.82 bits per heavy atom. The van der Waals surface area contributed by atoms with Gasteiger partial charge < -0.3 is 9.84 Å². The molecule has 0 radical (unpaired) electrons. The van der Waals surface area contributed by atoms with Crippen LogP contribution in [0.4, 0.5) is 0 Å². The van der Waals surface area contributed by atoms with Crippen molar-refractivity contribution < 1.29 is 18.3 Å². The van der Waals surface area contributed by atoms with Gasteiger partial charge in [-0.15, -0.1) is 11.3 Å². The first-order valence-electron chi connectivity index (χ1n) is 11.7. The summed E-state index contributed by atoms with van der Waals surface area (Å²) in [6.45, 7) is 1.94. The van der Waals surface area contributed by atoms with E-state index in [0.29, 0.717) is 17.3 Å². The highest BCUT2D eigenvalue weighted by atomic mass is 32.2. The predicted octanol–water partition coefficient (Wildman–Crippen LogP) is 4.04. The van der Waals surface area contributed by atoms with E-state index < -0.39 is 10.0 Å². The molecule has 3 aromatic rings. The van der Waals surface area contributed by atoms with Crippen LogP contribution in [0.15, 0.2) is 70.3 Å². The molecule has 0 saturated carbocycles. The fourth-order valence-corrected chi connectivity index (χ4v) is 8.01. The van der Waals surface area contributed by atoms with Crippen molar-refractivity contribution in [2.45, 2.75) is 35.1 Å². The summed E-state index contributed by atoms with van der Waals surface area (Å²) in [6, 6.07) is 19.9. The van der Waals surface area contributed by atoms with E-state index in [-0.39, 0.29) is 24.6 Å². The van der Waals surface area contributed by atoms with Gasteiger partial charge in [-0.2, -0.15) is 4.31 Å². The third-order valence-corrected chi connectivity index (χ3v) is 10.4. The van der Waals surface area contributed by atoms with Crippen LogP contribution in [0, 0.1) is 0 Å². The molecule has 2 aromatic carbocycles. The number of nitrogens with zero attached hydrogens (tertiary/aromatic N) is 2. The highest BCUT2D eigenvalue weighted by Gasteiger charge is 2.50. The normalized spacial score (nSPS) is 24.0. The molecule has 8 heteroatoms. The number of methoxy groups -OCH3 is 1. The fraction of sp³-hybridized carbons (Fsp3) is 0.385. The number of hydrogen-bond acceptors (Lipinski definition) is 6. The van der Waals surface area contributed by atoms with Crippen LogP contribution in [0.3, 0.4) is 0 Å². The lowest BCUT2D eigenvalue weighted by atomic mass is 9.74. The van der Waals surface area contributed by atoms with Crippen LogP contribution < -0.4 is 4.74 Å². The first-order valence-corrected chi connectivity index (χ1v) is 14.0. The van der Waals surface area contributed by atoms with Crippen molar-refractivity contribution >= 4 is 21.4 Å². The Morgan fingerprint density at radius 3 is 2.53 bits per heavy atom. The molecule has 3 heterocycles. The molecule has 6 nitrogen and oxygen atoms in total. The van der Waals surface area contributed by atoms with Gasteiger partial charge in [0.25, 0.3) is 10.0 Å². The number of fused-ring (bicyclic) bond motifs is 1. The molecule has 1 aromatic heterocycles. The standard InChI is InChI=1S/C26H30N2O4S2/c1-32-22-7-4-6-21(16-22)19-9-11-20(12-10-19)26-23-17-27(34(30,31)25-8-5-15-33-25)13-2-3-14-28(23)24(26)18-29/h4-12,15-16,23-24,26,29H,2-3,13-14,17-18H2,1H3/t23-,24-,26+/m0/s1. The van der Waals surface area contributed by atoms with Gasteiger partial charge in [0, 0.05) is 31.1 Å². The Hall–Kier alpha value is -2.23. The van der Waals surface area contributed by atoms with E-state index in [9.17, 15) is 13.5 Å². The van der Waals surface area contributed by atoms with Gasteiger partial charge in [0.15, 0.2) is 0 Å². The monoisotopic (exact) mass is 498 g/mol. The number of ether oxygens (including phenoxy) is 1. The Kier molecular flexibility index (Phi) is 6.77. The van der Waals surface area contributed by atoms with Crippen molar-refractivity contribution in [3.63, 3.8) is 0 Å². The zero-order valence-corrected chi connectivity index (χ0v) is 20.8. The third kappa shape index (κ3) is 4.29. The van der Waals surface area contributed by atoms with Gasteiger partial charge in [0.05, 0.1) is 13.7 Å². The maximum Gasteiger partial charge on any atom is 0.252 e. The molecule has 1 N–H and O–H groups in total. The minimum Gasteiger partial charge on any atom is -0.497 e. The summed E-state index contributed by atoms with van der Waals surface area (Å²) < 4.78 is 34.0. The average Bonchev–Trinajstić information content (AvgIpc) is 3.39. The summed E-state index contributed by atoms with van der Waals surface area (Å²) in [5.74, 6) is 0.904. The largest absolute Gasteiger partial charge is 0.497 e. The van der Waals surface area contributed by atoms with Crippen LogP contribution in [0.5, 0.6) is 5.75 Å². The van der Waals surface area contributed by atoms with Crippen LogP contribution in [-0.4, -0.2) is 68.2 Å². The SMILES string of the molecule is COc1cccc(-c2ccc([C@H]3[C@H](CO)N4CCCCN(S(=O)(=O)c5cccs5)C[C@@H]34)cc2)c1. The summed E-state index contributed by atoms with van der Waals surface area (Å²) in [6.07, 6.45) is 1.75. The van der Waals surface area contributed by atoms with Crippen molar-refractivity contribution in [2.24, 2.45) is 0 Å². The number of hydrogen-bond donors (Lipinski definition) is 1. The number of aliphatic hydroxyl groups is 1. The molecule has 0 amide bonds. The van der Waals surface area contributed by atoms with Crippen molar-refractivity contribution in [2.75, 3.05) is 33.4 Å². The summed E-state index contributed by atoms with van der Waals surface area (Å²) in [7, 11) is -1.85. The Labute approximate surface area is 205 Å². The lowest BCUT2D eigenvalue weighted by Crippen LogP contribution is -2.67. The molecule has 3 atom stereocenters. The second-order valence-electron chi connectivity index (χ2n) is 8.94. The summed E-state index contributed by atoms with van der Waals surface area (Å²) in [4.78, 5) is 2.30. The number of thiophene rings is 1. The van der Waals surface area contributed by atoms with E-state index in [0.717, 1.165) is 41.8 Å². The molecule has 2 fully saturated rings. The van der Waals surface area contributed by atoms with E-state index in [1.807, 2.05) is 18.2 Å². The van der Waals surface area contributed by atoms with Crippen molar-refractivity contribution in [1.29, 1.82) is 0 Å². The molecule has 180 valence electrons. The van der Waals surface area contributed by atoms with Crippen molar-refractivity contribution in [3.8, 4) is 16.9 Å². The van der Waals surface area contributed by atoms with Crippen molar-refractivity contribution in [1.82, 2.24) is 9.21 Å². The number of rotatable bonds is 6. The van der Waals surface area contributed by atoms with Gasteiger partial charge >= 0.3 is 0 Å². The van der Waals surface area contributed by atoms with Crippen LogP contribution in [0.1, 0.15) is 24.3 Å². The van der Waals surface area contributed by atoms with E-state index in [2.05, 4.69) is 35.2 Å². The van der Waals surface area contributed by atoms with E-state index in [1.165, 1.54) is 11.3 Å². The zero-order chi connectivity index (χ0) is 23.7. The topological polar surface area (TPSA) is 70.1 Å². The van der Waals surface area contributed by atoms with Gasteiger partial charge in [-0.25, -0.2) is 8.42 Å². The van der Waals surface area contributed by atoms with E-state index in [4.69, 9.17) is 4.74 Å².